The molecule has 2 rings (SSSR count). The molecule has 1 N–H and O–H groups in total. The van der Waals surface area contributed by atoms with Crippen LogP contribution in [0.25, 0.3) is 0 Å². The van der Waals surface area contributed by atoms with Crippen molar-refractivity contribution in [2.45, 2.75) is 83.2 Å². The van der Waals surface area contributed by atoms with Crippen LogP contribution in [0, 0.1) is 11.8 Å². The Morgan fingerprint density at radius 2 is 2.08 bits per heavy atom. The Balaban J connectivity index is 2.12. The van der Waals surface area contributed by atoms with Crippen molar-refractivity contribution in [3.63, 3.8) is 0 Å². The van der Waals surface area contributed by atoms with Crippen molar-refractivity contribution in [1.82, 2.24) is 0 Å². The molecule has 0 aromatic heterocycles. The molecule has 5 nitrogen and oxygen atoms in total. The highest BCUT2D eigenvalue weighted by molar-refractivity contribution is 5.74. The van der Waals surface area contributed by atoms with Gasteiger partial charge in [-0.05, 0) is 26.2 Å². The third-order valence-corrected chi connectivity index (χ3v) is 5.44. The second-order valence-corrected chi connectivity index (χ2v) is 7.24. The molecular formula is C20H34O5. The van der Waals surface area contributed by atoms with Gasteiger partial charge in [0.25, 0.3) is 0 Å². The van der Waals surface area contributed by atoms with Crippen LogP contribution < -0.4 is 0 Å². The van der Waals surface area contributed by atoms with E-state index in [0.29, 0.717) is 19.6 Å². The largest absolute Gasteiger partial charge is 0.466 e. The first-order valence-corrected chi connectivity index (χ1v) is 9.86. The lowest BCUT2D eigenvalue weighted by atomic mass is 9.82. The summed E-state index contributed by atoms with van der Waals surface area (Å²) in [7, 11) is 0. The average molecular weight is 354 g/mol. The van der Waals surface area contributed by atoms with Gasteiger partial charge in [-0.1, -0.05) is 32.3 Å². The summed E-state index contributed by atoms with van der Waals surface area (Å²) in [5, 5.41) is 10.7. The molecule has 4 atom stereocenters. The minimum atomic E-state index is -0.756. The Morgan fingerprint density at radius 3 is 2.68 bits per heavy atom. The zero-order valence-electron chi connectivity index (χ0n) is 15.7. The monoisotopic (exact) mass is 354 g/mol. The molecule has 144 valence electrons. The molecule has 1 saturated carbocycles. The van der Waals surface area contributed by atoms with Crippen LogP contribution in [-0.2, 0) is 19.0 Å². The lowest BCUT2D eigenvalue weighted by molar-refractivity contribution is -0.194. The first-order chi connectivity index (χ1) is 12.1. The molecule has 1 saturated heterocycles. The van der Waals surface area contributed by atoms with Crippen LogP contribution >= 0.6 is 0 Å². The van der Waals surface area contributed by atoms with Crippen LogP contribution in [0.3, 0.4) is 0 Å². The Bertz CT molecular complexity index is 430. The van der Waals surface area contributed by atoms with Crippen molar-refractivity contribution >= 4 is 5.97 Å². The average Bonchev–Trinajstić information content (AvgIpc) is 3.01. The SMILES string of the molecule is C=C[C@@H]([C@H](C(=O)OCC)[C@H](O)CCCC)[C@H]1COC2(CCCCC2)O1. The predicted octanol–water partition coefficient (Wildman–Crippen LogP) is 3.59. The van der Waals surface area contributed by atoms with E-state index in [1.165, 1.54) is 6.42 Å². The fourth-order valence-corrected chi connectivity index (χ4v) is 4.05. The Labute approximate surface area is 151 Å². The second-order valence-electron chi connectivity index (χ2n) is 7.24. The standard InChI is InChI=1S/C20H34O5/c1-4-7-11-16(21)18(19(22)23-6-3)15(5-2)17-14-24-20(25-17)12-9-8-10-13-20/h5,15-18,21H,2,4,6-14H2,1,3H3/t15-,16-,17-,18+/m1/s1. The van der Waals surface area contributed by atoms with Gasteiger partial charge in [0.05, 0.1) is 31.3 Å². The Morgan fingerprint density at radius 1 is 1.36 bits per heavy atom. The first-order valence-electron chi connectivity index (χ1n) is 9.86. The maximum absolute atomic E-state index is 12.5. The number of hydrogen-bond acceptors (Lipinski definition) is 5. The number of carbonyl (C=O) groups is 1. The van der Waals surface area contributed by atoms with Gasteiger partial charge >= 0.3 is 5.97 Å². The highest BCUT2D eigenvalue weighted by Gasteiger charge is 2.48. The van der Waals surface area contributed by atoms with Gasteiger partial charge in [0.15, 0.2) is 5.79 Å². The van der Waals surface area contributed by atoms with Gasteiger partial charge in [0.2, 0.25) is 0 Å². The van der Waals surface area contributed by atoms with Crippen molar-refractivity contribution < 1.29 is 24.1 Å². The zero-order valence-corrected chi connectivity index (χ0v) is 15.7. The normalized spacial score (nSPS) is 26.1. The third kappa shape index (κ3) is 5.05. The van der Waals surface area contributed by atoms with Crippen molar-refractivity contribution in [2.75, 3.05) is 13.2 Å². The van der Waals surface area contributed by atoms with E-state index in [0.717, 1.165) is 38.5 Å². The summed E-state index contributed by atoms with van der Waals surface area (Å²) in [5.74, 6) is -1.84. The molecule has 0 amide bonds. The van der Waals surface area contributed by atoms with E-state index in [4.69, 9.17) is 14.2 Å². The maximum atomic E-state index is 12.5. The van der Waals surface area contributed by atoms with E-state index in [1.54, 1.807) is 13.0 Å². The minimum absolute atomic E-state index is 0.263. The first kappa shape index (κ1) is 20.4. The summed E-state index contributed by atoms with van der Waals surface area (Å²) in [6.07, 6.45) is 8.34. The number of unbranched alkanes of at least 4 members (excludes halogenated alkanes) is 1. The molecule has 1 spiro atoms. The molecular weight excluding hydrogens is 320 g/mol. The number of esters is 1. The van der Waals surface area contributed by atoms with Crippen molar-refractivity contribution in [3.05, 3.63) is 12.7 Å². The van der Waals surface area contributed by atoms with Crippen molar-refractivity contribution in [2.24, 2.45) is 11.8 Å². The zero-order chi connectivity index (χ0) is 18.3. The van der Waals surface area contributed by atoms with E-state index < -0.39 is 17.8 Å². The molecule has 1 aliphatic heterocycles. The van der Waals surface area contributed by atoms with Crippen LogP contribution in [0.5, 0.6) is 0 Å². The Kier molecular flexibility index (Phi) is 7.91. The molecule has 0 radical (unpaired) electrons. The summed E-state index contributed by atoms with van der Waals surface area (Å²) in [5.41, 5.74) is 0. The molecule has 0 bridgehead atoms. The third-order valence-electron chi connectivity index (χ3n) is 5.44. The molecule has 25 heavy (non-hydrogen) atoms. The quantitative estimate of drug-likeness (QED) is 0.506. The number of aliphatic hydroxyl groups excluding tert-OH is 1. The molecule has 1 aliphatic carbocycles. The summed E-state index contributed by atoms with van der Waals surface area (Å²) in [6, 6.07) is 0. The molecule has 5 heteroatoms. The van der Waals surface area contributed by atoms with Crippen LogP contribution in [0.4, 0.5) is 0 Å². The number of rotatable bonds is 9. The summed E-state index contributed by atoms with van der Waals surface area (Å²) < 4.78 is 17.6. The van der Waals surface area contributed by atoms with Gasteiger partial charge < -0.3 is 19.3 Å². The highest BCUT2D eigenvalue weighted by atomic mass is 16.7. The number of ether oxygens (including phenoxy) is 3. The highest BCUT2D eigenvalue weighted by Crippen LogP contribution is 2.41. The van der Waals surface area contributed by atoms with E-state index >= 15 is 0 Å². The fraction of sp³-hybridized carbons (Fsp3) is 0.850. The summed E-state index contributed by atoms with van der Waals surface area (Å²) in [4.78, 5) is 12.5. The molecule has 0 aromatic carbocycles. The number of aliphatic hydroxyl groups is 1. The van der Waals surface area contributed by atoms with Crippen LogP contribution in [0.2, 0.25) is 0 Å². The Hall–Kier alpha value is -0.910. The molecule has 2 aliphatic rings. The number of carbonyl (C=O) groups excluding carboxylic acids is 1. The van der Waals surface area contributed by atoms with Crippen molar-refractivity contribution in [3.8, 4) is 0 Å². The topological polar surface area (TPSA) is 65.0 Å². The van der Waals surface area contributed by atoms with Crippen LogP contribution in [0.15, 0.2) is 12.7 Å². The van der Waals surface area contributed by atoms with Crippen LogP contribution in [0.1, 0.15) is 65.2 Å². The lowest BCUT2D eigenvalue weighted by Crippen LogP contribution is -2.42. The van der Waals surface area contributed by atoms with Gasteiger partial charge in [0.1, 0.15) is 0 Å². The molecule has 1 heterocycles. The molecule has 0 aromatic rings. The van der Waals surface area contributed by atoms with Gasteiger partial charge in [-0.15, -0.1) is 6.58 Å². The van der Waals surface area contributed by atoms with E-state index in [-0.39, 0.29) is 18.0 Å². The smallest absolute Gasteiger partial charge is 0.312 e. The lowest BCUT2D eigenvalue weighted by Gasteiger charge is -2.34. The summed E-state index contributed by atoms with van der Waals surface area (Å²) in [6.45, 7) is 8.49. The molecule has 0 unspecified atom stereocenters. The second kappa shape index (κ2) is 9.70. The van der Waals surface area contributed by atoms with Crippen molar-refractivity contribution in [1.29, 1.82) is 0 Å². The van der Waals surface area contributed by atoms with Crippen LogP contribution in [-0.4, -0.2) is 42.3 Å². The van der Waals surface area contributed by atoms with E-state index in [9.17, 15) is 9.90 Å². The maximum Gasteiger partial charge on any atom is 0.312 e. The predicted molar refractivity (Wildman–Crippen MR) is 96.0 cm³/mol. The molecule has 2 fully saturated rings. The summed E-state index contributed by atoms with van der Waals surface area (Å²) >= 11 is 0. The van der Waals surface area contributed by atoms with E-state index in [1.807, 2.05) is 0 Å². The number of hydrogen-bond donors (Lipinski definition) is 1. The van der Waals surface area contributed by atoms with Gasteiger partial charge in [-0.3, -0.25) is 4.79 Å². The van der Waals surface area contributed by atoms with Gasteiger partial charge in [0, 0.05) is 18.8 Å². The minimum Gasteiger partial charge on any atom is -0.466 e. The van der Waals surface area contributed by atoms with Gasteiger partial charge in [-0.2, -0.15) is 0 Å². The van der Waals surface area contributed by atoms with E-state index in [2.05, 4.69) is 13.5 Å². The fourth-order valence-electron chi connectivity index (χ4n) is 4.05. The van der Waals surface area contributed by atoms with Gasteiger partial charge in [-0.25, -0.2) is 0 Å².